The van der Waals surface area contributed by atoms with Crippen LogP contribution in [-0.2, 0) is 13.6 Å². The lowest BCUT2D eigenvalue weighted by Crippen LogP contribution is -2.15. The summed E-state index contributed by atoms with van der Waals surface area (Å²) in [4.78, 5) is 11.3. The maximum absolute atomic E-state index is 11.3. The van der Waals surface area contributed by atoms with Crippen molar-refractivity contribution in [2.45, 2.75) is 6.54 Å². The molecule has 0 atom stereocenters. The predicted molar refractivity (Wildman–Crippen MR) is 80.9 cm³/mol. The maximum Gasteiger partial charge on any atom is 0.250 e. The van der Waals surface area contributed by atoms with Crippen LogP contribution in [0.1, 0.15) is 5.56 Å². The van der Waals surface area contributed by atoms with Crippen LogP contribution in [0.15, 0.2) is 50.3 Å². The third kappa shape index (κ3) is 3.23. The number of benzene rings is 1. The van der Waals surface area contributed by atoms with E-state index in [0.29, 0.717) is 6.54 Å². The lowest BCUT2D eigenvalue weighted by molar-refractivity contribution is 0.859. The van der Waals surface area contributed by atoms with Crippen molar-refractivity contribution in [2.24, 2.45) is 7.05 Å². The number of nitrogens with zero attached hydrogens (tertiary/aromatic N) is 1. The van der Waals surface area contributed by atoms with Gasteiger partial charge in [0.25, 0.3) is 0 Å². The molecule has 0 saturated carbocycles. The Morgan fingerprint density at radius 2 is 1.94 bits per heavy atom. The molecule has 0 saturated heterocycles. The molecule has 0 fully saturated rings. The van der Waals surface area contributed by atoms with E-state index in [1.54, 1.807) is 29.9 Å². The van der Waals surface area contributed by atoms with Gasteiger partial charge in [-0.3, -0.25) is 4.79 Å². The van der Waals surface area contributed by atoms with Gasteiger partial charge in [0.2, 0.25) is 5.56 Å². The van der Waals surface area contributed by atoms with Crippen LogP contribution < -0.4 is 10.9 Å². The van der Waals surface area contributed by atoms with Crippen LogP contribution in [-0.4, -0.2) is 4.57 Å². The van der Waals surface area contributed by atoms with Crippen LogP contribution in [0.2, 0.25) is 0 Å². The van der Waals surface area contributed by atoms with Gasteiger partial charge in [0.15, 0.2) is 0 Å². The molecular weight excluding hydrogens is 360 g/mol. The SMILES string of the molecule is Cn1cc(NCc2ccc(Br)c(Br)c2)ccc1=O. The molecule has 3 nitrogen and oxygen atoms in total. The van der Waals surface area contributed by atoms with E-state index in [2.05, 4.69) is 43.2 Å². The molecule has 2 aromatic rings. The normalized spacial score (nSPS) is 10.4. The highest BCUT2D eigenvalue weighted by Gasteiger charge is 1.99. The van der Waals surface area contributed by atoms with E-state index in [0.717, 1.165) is 14.6 Å². The highest BCUT2D eigenvalue weighted by molar-refractivity contribution is 9.13. The summed E-state index contributed by atoms with van der Waals surface area (Å²) >= 11 is 6.91. The van der Waals surface area contributed by atoms with Crippen LogP contribution in [0.25, 0.3) is 0 Å². The molecule has 94 valence electrons. The first kappa shape index (κ1) is 13.4. The topological polar surface area (TPSA) is 34.0 Å². The lowest BCUT2D eigenvalue weighted by Gasteiger charge is -2.08. The van der Waals surface area contributed by atoms with E-state index in [9.17, 15) is 4.79 Å². The van der Waals surface area contributed by atoms with Crippen LogP contribution >= 0.6 is 31.9 Å². The Morgan fingerprint density at radius 3 is 2.61 bits per heavy atom. The molecule has 5 heteroatoms. The van der Waals surface area contributed by atoms with Crippen molar-refractivity contribution in [3.05, 3.63) is 61.4 Å². The zero-order chi connectivity index (χ0) is 13.1. The molecule has 0 aliphatic rings. The Balaban J connectivity index is 2.09. The summed E-state index contributed by atoms with van der Waals surface area (Å²) in [6, 6.07) is 9.45. The number of anilines is 1. The Bertz CT molecular complexity index is 623. The van der Waals surface area contributed by atoms with E-state index >= 15 is 0 Å². The molecule has 0 radical (unpaired) electrons. The predicted octanol–water partition coefficient (Wildman–Crippen LogP) is 3.52. The van der Waals surface area contributed by atoms with Crippen molar-refractivity contribution in [3.8, 4) is 0 Å². The summed E-state index contributed by atoms with van der Waals surface area (Å²) in [6.45, 7) is 0.712. The monoisotopic (exact) mass is 370 g/mol. The highest BCUT2D eigenvalue weighted by atomic mass is 79.9. The first-order valence-electron chi connectivity index (χ1n) is 5.41. The van der Waals surface area contributed by atoms with E-state index in [-0.39, 0.29) is 5.56 Å². The van der Waals surface area contributed by atoms with Gasteiger partial charge in [-0.2, -0.15) is 0 Å². The third-order valence-corrected chi connectivity index (χ3v) is 4.45. The van der Waals surface area contributed by atoms with E-state index in [1.165, 1.54) is 5.56 Å². The fourth-order valence-corrected chi connectivity index (χ4v) is 2.23. The summed E-state index contributed by atoms with van der Waals surface area (Å²) in [7, 11) is 1.74. The van der Waals surface area contributed by atoms with Crippen LogP contribution in [0.3, 0.4) is 0 Å². The van der Waals surface area contributed by atoms with Gasteiger partial charge in [-0.25, -0.2) is 0 Å². The van der Waals surface area contributed by atoms with Crippen molar-refractivity contribution in [1.29, 1.82) is 0 Å². The summed E-state index contributed by atoms with van der Waals surface area (Å²) < 4.78 is 3.62. The van der Waals surface area contributed by atoms with Gasteiger partial charge >= 0.3 is 0 Å². The first-order valence-corrected chi connectivity index (χ1v) is 6.99. The molecule has 0 bridgehead atoms. The van der Waals surface area contributed by atoms with Crippen molar-refractivity contribution in [1.82, 2.24) is 4.57 Å². The van der Waals surface area contributed by atoms with Crippen molar-refractivity contribution in [3.63, 3.8) is 0 Å². The van der Waals surface area contributed by atoms with Gasteiger partial charge in [0.1, 0.15) is 0 Å². The Hall–Kier alpha value is -1.07. The molecule has 0 amide bonds. The molecule has 0 aliphatic heterocycles. The molecule has 1 aromatic carbocycles. The van der Waals surface area contributed by atoms with Gasteiger partial charge in [-0.1, -0.05) is 6.07 Å². The van der Waals surface area contributed by atoms with Crippen molar-refractivity contribution >= 4 is 37.5 Å². The number of pyridine rings is 1. The molecule has 0 spiro atoms. The number of hydrogen-bond donors (Lipinski definition) is 1. The van der Waals surface area contributed by atoms with Gasteiger partial charge < -0.3 is 9.88 Å². The number of aromatic nitrogens is 1. The second-order valence-corrected chi connectivity index (χ2v) is 5.68. The van der Waals surface area contributed by atoms with Crippen LogP contribution in [0.5, 0.6) is 0 Å². The van der Waals surface area contributed by atoms with Crippen LogP contribution in [0, 0.1) is 0 Å². The van der Waals surface area contributed by atoms with Gasteiger partial charge in [0.05, 0.1) is 5.69 Å². The minimum Gasteiger partial charge on any atom is -0.380 e. The lowest BCUT2D eigenvalue weighted by atomic mass is 10.2. The molecule has 0 aliphatic carbocycles. The zero-order valence-electron chi connectivity index (χ0n) is 9.78. The van der Waals surface area contributed by atoms with Crippen molar-refractivity contribution in [2.75, 3.05) is 5.32 Å². The van der Waals surface area contributed by atoms with Gasteiger partial charge in [-0.15, -0.1) is 0 Å². The molecule has 1 N–H and O–H groups in total. The van der Waals surface area contributed by atoms with Gasteiger partial charge in [0, 0.05) is 34.8 Å². The summed E-state index contributed by atoms with van der Waals surface area (Å²) in [5.41, 5.74) is 2.09. The highest BCUT2D eigenvalue weighted by Crippen LogP contribution is 2.24. The Kier molecular flexibility index (Phi) is 4.24. The smallest absolute Gasteiger partial charge is 0.250 e. The fourth-order valence-electron chi connectivity index (χ4n) is 1.55. The molecule has 1 aromatic heterocycles. The van der Waals surface area contributed by atoms with E-state index < -0.39 is 0 Å². The van der Waals surface area contributed by atoms with Crippen LogP contribution in [0.4, 0.5) is 5.69 Å². The van der Waals surface area contributed by atoms with E-state index in [1.807, 2.05) is 12.1 Å². The molecular formula is C13H12Br2N2O. The second-order valence-electron chi connectivity index (χ2n) is 3.97. The third-order valence-electron chi connectivity index (χ3n) is 2.57. The van der Waals surface area contributed by atoms with Gasteiger partial charge in [-0.05, 0) is 55.6 Å². The molecule has 1 heterocycles. The fraction of sp³-hybridized carbons (Fsp3) is 0.154. The van der Waals surface area contributed by atoms with Crippen molar-refractivity contribution < 1.29 is 0 Å². The number of rotatable bonds is 3. The number of hydrogen-bond acceptors (Lipinski definition) is 2. The summed E-state index contributed by atoms with van der Waals surface area (Å²) in [6.07, 6.45) is 1.79. The Labute approximate surface area is 122 Å². The average Bonchev–Trinajstić information content (AvgIpc) is 2.35. The molecule has 18 heavy (non-hydrogen) atoms. The standard InChI is InChI=1S/C13H12Br2N2O/c1-17-8-10(3-5-13(17)18)16-7-9-2-4-11(14)12(15)6-9/h2-6,8,16H,7H2,1H3. The largest absolute Gasteiger partial charge is 0.380 e. The minimum absolute atomic E-state index is 0.00747. The summed E-state index contributed by atoms with van der Waals surface area (Å²) in [5.74, 6) is 0. The number of aryl methyl sites for hydroxylation is 1. The zero-order valence-corrected chi connectivity index (χ0v) is 13.0. The Morgan fingerprint density at radius 1 is 1.17 bits per heavy atom. The number of halogens is 2. The molecule has 0 unspecified atom stereocenters. The maximum atomic E-state index is 11.3. The number of nitrogens with one attached hydrogen (secondary N) is 1. The minimum atomic E-state index is -0.00747. The molecule has 2 rings (SSSR count). The summed E-state index contributed by atoms with van der Waals surface area (Å²) in [5, 5.41) is 3.28. The van der Waals surface area contributed by atoms with E-state index in [4.69, 9.17) is 0 Å². The second kappa shape index (κ2) is 5.71. The quantitative estimate of drug-likeness (QED) is 0.895. The first-order chi connectivity index (χ1) is 8.56. The average molecular weight is 372 g/mol.